The highest BCUT2D eigenvalue weighted by Crippen LogP contribution is 2.29. The lowest BCUT2D eigenvalue weighted by atomic mass is 10.1. The maximum Gasteiger partial charge on any atom is 0.337 e. The minimum Gasteiger partial charge on any atom is -0.481 e. The maximum absolute atomic E-state index is 11.4. The molecule has 0 bridgehead atoms. The number of ether oxygens (including phenoxy) is 1. The number of aromatic carboxylic acids is 1. The third-order valence-electron chi connectivity index (χ3n) is 3.76. The first kappa shape index (κ1) is 13.4. The maximum atomic E-state index is 11.4. The zero-order valence-corrected chi connectivity index (χ0v) is 12.1. The molecule has 6 nitrogen and oxygen atoms in total. The highest BCUT2D eigenvalue weighted by molar-refractivity contribution is 6.09. The summed E-state index contributed by atoms with van der Waals surface area (Å²) in [7, 11) is 1.56. The summed E-state index contributed by atoms with van der Waals surface area (Å²) in [5.41, 5.74) is 2.38. The Morgan fingerprint density at radius 2 is 1.83 bits per heavy atom. The molecule has 0 atom stereocenters. The SMILES string of the molecule is COc1nccc2c1ccc1nc3cccc(C(=O)O)c3nc12. The fraction of sp³-hybridized carbons (Fsp3) is 0.0588. The standard InChI is InChI=1S/C17H11N3O3/c1-23-16-10-5-6-13-14(9(10)7-8-18-16)20-15-11(17(21)22)3-2-4-12(15)19-13/h2-8H,1H3,(H,21,22). The number of carboxylic acids is 1. The fourth-order valence-electron chi connectivity index (χ4n) is 2.72. The molecule has 6 heteroatoms. The van der Waals surface area contributed by atoms with Gasteiger partial charge in [-0.15, -0.1) is 0 Å². The normalized spacial score (nSPS) is 11.2. The first-order chi connectivity index (χ1) is 11.2. The van der Waals surface area contributed by atoms with Gasteiger partial charge in [-0.25, -0.2) is 19.7 Å². The molecular formula is C17H11N3O3. The van der Waals surface area contributed by atoms with Gasteiger partial charge in [-0.1, -0.05) is 6.07 Å². The summed E-state index contributed by atoms with van der Waals surface area (Å²) in [6, 6.07) is 10.5. The fourth-order valence-corrected chi connectivity index (χ4v) is 2.72. The van der Waals surface area contributed by atoms with E-state index in [0.29, 0.717) is 27.9 Å². The van der Waals surface area contributed by atoms with E-state index in [-0.39, 0.29) is 5.56 Å². The molecule has 2 heterocycles. The summed E-state index contributed by atoms with van der Waals surface area (Å²) in [6.07, 6.45) is 1.63. The van der Waals surface area contributed by atoms with Gasteiger partial charge in [0.2, 0.25) is 5.88 Å². The lowest BCUT2D eigenvalue weighted by molar-refractivity contribution is 0.0699. The monoisotopic (exact) mass is 305 g/mol. The Bertz CT molecular complexity index is 1090. The van der Waals surface area contributed by atoms with Gasteiger partial charge < -0.3 is 9.84 Å². The molecule has 2 aromatic heterocycles. The van der Waals surface area contributed by atoms with Crippen molar-refractivity contribution in [3.8, 4) is 5.88 Å². The lowest BCUT2D eigenvalue weighted by Crippen LogP contribution is -2.00. The molecule has 23 heavy (non-hydrogen) atoms. The van der Waals surface area contributed by atoms with E-state index in [9.17, 15) is 9.90 Å². The van der Waals surface area contributed by atoms with Crippen molar-refractivity contribution in [3.63, 3.8) is 0 Å². The van der Waals surface area contributed by atoms with Crippen LogP contribution in [0.15, 0.2) is 42.6 Å². The molecule has 0 unspecified atom stereocenters. The van der Waals surface area contributed by atoms with Gasteiger partial charge in [0.1, 0.15) is 5.52 Å². The quantitative estimate of drug-likeness (QED) is 0.452. The molecule has 0 radical (unpaired) electrons. The van der Waals surface area contributed by atoms with Crippen molar-refractivity contribution in [2.45, 2.75) is 0 Å². The van der Waals surface area contributed by atoms with Crippen LogP contribution in [0, 0.1) is 0 Å². The largest absolute Gasteiger partial charge is 0.481 e. The number of carboxylic acid groups (broad SMARTS) is 1. The van der Waals surface area contributed by atoms with Crippen molar-refractivity contribution < 1.29 is 14.6 Å². The van der Waals surface area contributed by atoms with Crippen LogP contribution in [-0.4, -0.2) is 33.1 Å². The molecule has 1 N–H and O–H groups in total. The van der Waals surface area contributed by atoms with Gasteiger partial charge in [0, 0.05) is 17.0 Å². The van der Waals surface area contributed by atoms with Crippen LogP contribution in [0.1, 0.15) is 10.4 Å². The molecule has 0 aliphatic heterocycles. The Morgan fingerprint density at radius 1 is 1.00 bits per heavy atom. The molecule has 0 aliphatic carbocycles. The summed E-state index contributed by atoms with van der Waals surface area (Å²) in [6.45, 7) is 0. The third kappa shape index (κ3) is 1.96. The van der Waals surface area contributed by atoms with Gasteiger partial charge in [-0.2, -0.15) is 0 Å². The highest BCUT2D eigenvalue weighted by Gasteiger charge is 2.14. The van der Waals surface area contributed by atoms with Gasteiger partial charge >= 0.3 is 5.97 Å². The summed E-state index contributed by atoms with van der Waals surface area (Å²) < 4.78 is 5.27. The number of carbonyl (C=O) groups is 1. The number of aromatic nitrogens is 3. The average molecular weight is 305 g/mol. The van der Waals surface area contributed by atoms with Crippen molar-refractivity contribution in [2.24, 2.45) is 0 Å². The number of methoxy groups -OCH3 is 1. The number of para-hydroxylation sites is 1. The third-order valence-corrected chi connectivity index (χ3v) is 3.76. The van der Waals surface area contributed by atoms with Crippen LogP contribution in [0.2, 0.25) is 0 Å². The Balaban J connectivity index is 2.19. The molecule has 0 fully saturated rings. The number of hydrogen-bond acceptors (Lipinski definition) is 5. The first-order valence-corrected chi connectivity index (χ1v) is 6.94. The van der Waals surface area contributed by atoms with Crippen LogP contribution in [0.5, 0.6) is 5.88 Å². The zero-order valence-electron chi connectivity index (χ0n) is 12.1. The van der Waals surface area contributed by atoms with Crippen LogP contribution >= 0.6 is 0 Å². The van der Waals surface area contributed by atoms with Crippen LogP contribution in [0.4, 0.5) is 0 Å². The van der Waals surface area contributed by atoms with E-state index in [0.717, 1.165) is 10.8 Å². The second-order valence-electron chi connectivity index (χ2n) is 5.05. The van der Waals surface area contributed by atoms with Crippen LogP contribution < -0.4 is 4.74 Å². The number of hydrogen-bond donors (Lipinski definition) is 1. The summed E-state index contributed by atoms with van der Waals surface area (Å²) >= 11 is 0. The zero-order chi connectivity index (χ0) is 16.0. The van der Waals surface area contributed by atoms with E-state index in [1.165, 1.54) is 6.07 Å². The summed E-state index contributed by atoms with van der Waals surface area (Å²) in [5, 5.41) is 11.0. The van der Waals surface area contributed by atoms with E-state index in [1.807, 2.05) is 18.2 Å². The molecule has 0 saturated heterocycles. The van der Waals surface area contributed by atoms with Crippen LogP contribution in [0.25, 0.3) is 32.8 Å². The Kier molecular flexibility index (Phi) is 2.84. The second kappa shape index (κ2) is 4.88. The Labute approximate surface area is 130 Å². The molecule has 4 aromatic rings. The molecule has 0 saturated carbocycles. The molecule has 2 aromatic carbocycles. The van der Waals surface area contributed by atoms with Crippen molar-refractivity contribution in [3.05, 3.63) is 48.2 Å². The number of benzene rings is 2. The molecule has 0 spiro atoms. The molecule has 4 rings (SSSR count). The van der Waals surface area contributed by atoms with E-state index >= 15 is 0 Å². The molecular weight excluding hydrogens is 294 g/mol. The smallest absolute Gasteiger partial charge is 0.337 e. The van der Waals surface area contributed by atoms with E-state index < -0.39 is 5.97 Å². The van der Waals surface area contributed by atoms with E-state index in [4.69, 9.17) is 4.74 Å². The number of nitrogens with zero attached hydrogens (tertiary/aromatic N) is 3. The van der Waals surface area contributed by atoms with E-state index in [2.05, 4.69) is 15.0 Å². The van der Waals surface area contributed by atoms with Gasteiger partial charge in [0.25, 0.3) is 0 Å². The number of rotatable bonds is 2. The number of pyridine rings is 1. The predicted molar refractivity (Wildman–Crippen MR) is 85.9 cm³/mol. The topological polar surface area (TPSA) is 85.2 Å². The lowest BCUT2D eigenvalue weighted by Gasteiger charge is -2.08. The molecule has 0 amide bonds. The molecule has 112 valence electrons. The van der Waals surface area contributed by atoms with Gasteiger partial charge in [-0.3, -0.25) is 0 Å². The van der Waals surface area contributed by atoms with Crippen LogP contribution in [0.3, 0.4) is 0 Å². The summed E-state index contributed by atoms with van der Waals surface area (Å²) in [4.78, 5) is 24.7. The summed E-state index contributed by atoms with van der Waals surface area (Å²) in [5.74, 6) is -0.526. The van der Waals surface area contributed by atoms with Crippen LogP contribution in [-0.2, 0) is 0 Å². The van der Waals surface area contributed by atoms with Crippen molar-refractivity contribution in [2.75, 3.05) is 7.11 Å². The van der Waals surface area contributed by atoms with Crippen molar-refractivity contribution >= 4 is 38.8 Å². The van der Waals surface area contributed by atoms with Crippen molar-refractivity contribution in [1.82, 2.24) is 15.0 Å². The predicted octanol–water partition coefficient (Wildman–Crippen LogP) is 3.04. The Morgan fingerprint density at radius 3 is 2.61 bits per heavy atom. The van der Waals surface area contributed by atoms with Gasteiger partial charge in [0.05, 0.1) is 29.2 Å². The van der Waals surface area contributed by atoms with E-state index in [1.54, 1.807) is 25.4 Å². The number of fused-ring (bicyclic) bond motifs is 4. The molecule has 0 aliphatic rings. The first-order valence-electron chi connectivity index (χ1n) is 6.94. The average Bonchev–Trinajstić information content (AvgIpc) is 2.58. The minimum atomic E-state index is -1.02. The Hall–Kier alpha value is -3.28. The second-order valence-corrected chi connectivity index (χ2v) is 5.05. The van der Waals surface area contributed by atoms with Gasteiger partial charge in [0.15, 0.2) is 0 Å². The highest BCUT2D eigenvalue weighted by atomic mass is 16.5. The van der Waals surface area contributed by atoms with Crippen molar-refractivity contribution in [1.29, 1.82) is 0 Å². The van der Waals surface area contributed by atoms with Gasteiger partial charge in [-0.05, 0) is 30.3 Å². The minimum absolute atomic E-state index is 0.134.